The number of nitro benzene ring substituents is 1. The molecule has 1 aliphatic heterocycles. The lowest BCUT2D eigenvalue weighted by Crippen LogP contribution is -2.29. The Kier molecular flexibility index (Phi) is 5.24. The molecule has 1 saturated heterocycles. The van der Waals surface area contributed by atoms with E-state index >= 15 is 0 Å². The highest BCUT2D eigenvalue weighted by atomic mass is 32.2. The van der Waals surface area contributed by atoms with Crippen LogP contribution in [0.3, 0.4) is 0 Å². The number of aliphatic imine (C=N–C) groups is 1. The molecule has 7 nitrogen and oxygen atoms in total. The molecule has 0 aliphatic carbocycles. The number of amides is 1. The number of fused-ring (bicyclic) bond motifs is 1. The molecule has 3 aromatic rings. The van der Waals surface area contributed by atoms with Crippen molar-refractivity contribution in [3.8, 4) is 0 Å². The molecular formula is C20H14N4O3S2. The van der Waals surface area contributed by atoms with Gasteiger partial charge in [-0.05, 0) is 35.5 Å². The smallest absolute Gasteiger partial charge is 0.270 e. The fourth-order valence-corrected chi connectivity index (χ4v) is 4.64. The molecule has 0 unspecified atom stereocenters. The van der Waals surface area contributed by atoms with Crippen molar-refractivity contribution in [2.45, 2.75) is 0 Å². The van der Waals surface area contributed by atoms with Gasteiger partial charge in [-0.3, -0.25) is 19.8 Å². The molecule has 9 heteroatoms. The molecule has 0 saturated carbocycles. The number of rotatable bonds is 5. The summed E-state index contributed by atoms with van der Waals surface area (Å²) in [6, 6.07) is 13.9. The van der Waals surface area contributed by atoms with Crippen molar-refractivity contribution in [3.63, 3.8) is 0 Å². The van der Waals surface area contributed by atoms with Crippen LogP contribution in [0.2, 0.25) is 0 Å². The standard InChI is InChI=1S/C20H14N4O3S2/c1-2-10-23-18(25)17(12-13-6-5-7-14(11-13)24(26)27)29-20(23)22-19-21-15-8-3-4-9-16(15)28-19/h2-9,11-12H,1,10H2/b17-12-,22-20+. The first-order chi connectivity index (χ1) is 14.0. The minimum atomic E-state index is -0.463. The maximum atomic E-state index is 12.8. The summed E-state index contributed by atoms with van der Waals surface area (Å²) in [5.74, 6) is -0.221. The first kappa shape index (κ1) is 19.0. The third-order valence-corrected chi connectivity index (χ3v) is 5.99. The van der Waals surface area contributed by atoms with Crippen LogP contribution < -0.4 is 0 Å². The second-order valence-electron chi connectivity index (χ2n) is 6.03. The predicted octanol–water partition coefficient (Wildman–Crippen LogP) is 4.99. The normalized spacial score (nSPS) is 16.8. The number of thiazole rings is 1. The van der Waals surface area contributed by atoms with Crippen molar-refractivity contribution >= 4 is 61.3 Å². The van der Waals surface area contributed by atoms with Crippen molar-refractivity contribution in [1.29, 1.82) is 0 Å². The number of aromatic nitrogens is 1. The number of hydrogen-bond acceptors (Lipinski definition) is 7. The maximum absolute atomic E-state index is 12.8. The molecule has 1 aromatic heterocycles. The van der Waals surface area contributed by atoms with E-state index in [2.05, 4.69) is 16.6 Å². The van der Waals surface area contributed by atoms with Crippen molar-refractivity contribution in [3.05, 3.63) is 81.8 Å². The summed E-state index contributed by atoms with van der Waals surface area (Å²) < 4.78 is 1.02. The van der Waals surface area contributed by atoms with E-state index in [-0.39, 0.29) is 11.6 Å². The van der Waals surface area contributed by atoms with E-state index in [0.717, 1.165) is 10.2 Å². The Balaban J connectivity index is 1.69. The van der Waals surface area contributed by atoms with Crippen LogP contribution >= 0.6 is 23.1 Å². The van der Waals surface area contributed by atoms with Crippen molar-refractivity contribution in [2.75, 3.05) is 6.54 Å². The molecule has 1 amide bonds. The largest absolute Gasteiger partial charge is 0.282 e. The number of carbonyl (C=O) groups is 1. The first-order valence-electron chi connectivity index (χ1n) is 8.56. The zero-order chi connectivity index (χ0) is 20.4. The minimum Gasteiger partial charge on any atom is -0.282 e. The number of carbonyl (C=O) groups excluding carboxylic acids is 1. The second kappa shape index (κ2) is 7.98. The average molecular weight is 422 g/mol. The number of nitrogens with zero attached hydrogens (tertiary/aromatic N) is 4. The highest BCUT2D eigenvalue weighted by molar-refractivity contribution is 8.18. The molecule has 0 atom stereocenters. The number of hydrogen-bond donors (Lipinski definition) is 0. The molecule has 2 heterocycles. The van der Waals surface area contributed by atoms with Gasteiger partial charge < -0.3 is 0 Å². The molecule has 1 aliphatic rings. The molecule has 1 fully saturated rings. The number of nitro groups is 1. The van der Waals surface area contributed by atoms with Gasteiger partial charge in [-0.25, -0.2) is 4.98 Å². The molecule has 0 spiro atoms. The van der Waals surface area contributed by atoms with Crippen LogP contribution in [-0.2, 0) is 4.79 Å². The SMILES string of the molecule is C=CCN1C(=O)/C(=C/c2cccc([N+](=O)[O-])c2)S/C1=N/c1nc2ccccc2s1. The average Bonchev–Trinajstić information content (AvgIpc) is 3.24. The van der Waals surface area contributed by atoms with Crippen LogP contribution in [0.15, 0.2) is 71.1 Å². The summed E-state index contributed by atoms with van der Waals surface area (Å²) in [5, 5.41) is 12.1. The number of para-hydroxylation sites is 1. The highest BCUT2D eigenvalue weighted by Gasteiger charge is 2.33. The lowest BCUT2D eigenvalue weighted by molar-refractivity contribution is -0.384. The Labute approximate surface area is 174 Å². The van der Waals surface area contributed by atoms with Gasteiger partial charge in [0.2, 0.25) is 5.13 Å². The zero-order valence-electron chi connectivity index (χ0n) is 15.0. The summed E-state index contributed by atoms with van der Waals surface area (Å²) in [6.07, 6.45) is 3.26. The van der Waals surface area contributed by atoms with Crippen LogP contribution in [0.5, 0.6) is 0 Å². The Morgan fingerprint density at radius 1 is 1.24 bits per heavy atom. The summed E-state index contributed by atoms with van der Waals surface area (Å²) in [5.41, 5.74) is 1.41. The Morgan fingerprint density at radius 2 is 2.07 bits per heavy atom. The van der Waals surface area contributed by atoms with Gasteiger partial charge >= 0.3 is 0 Å². The highest BCUT2D eigenvalue weighted by Crippen LogP contribution is 2.36. The Hall–Kier alpha value is -3.30. The molecule has 29 heavy (non-hydrogen) atoms. The van der Waals surface area contributed by atoms with Crippen LogP contribution in [0, 0.1) is 10.1 Å². The van der Waals surface area contributed by atoms with Crippen LogP contribution in [0.4, 0.5) is 10.8 Å². The van der Waals surface area contributed by atoms with E-state index in [1.165, 1.54) is 40.1 Å². The Bertz CT molecular complexity index is 1170. The lowest BCUT2D eigenvalue weighted by atomic mass is 10.2. The van der Waals surface area contributed by atoms with E-state index in [0.29, 0.717) is 27.3 Å². The first-order valence-corrected chi connectivity index (χ1v) is 10.2. The fraction of sp³-hybridized carbons (Fsp3) is 0.0500. The molecule has 0 N–H and O–H groups in total. The molecular weight excluding hydrogens is 408 g/mol. The van der Waals surface area contributed by atoms with Crippen LogP contribution in [0.1, 0.15) is 5.56 Å². The van der Waals surface area contributed by atoms with Crippen molar-refractivity contribution in [2.24, 2.45) is 4.99 Å². The van der Waals surface area contributed by atoms with E-state index in [9.17, 15) is 14.9 Å². The monoisotopic (exact) mass is 422 g/mol. The van der Waals surface area contributed by atoms with Crippen LogP contribution in [-0.4, -0.2) is 32.4 Å². The number of benzene rings is 2. The quantitative estimate of drug-likeness (QED) is 0.250. The molecule has 2 aromatic carbocycles. The summed E-state index contributed by atoms with van der Waals surface area (Å²) >= 11 is 2.66. The summed E-state index contributed by atoms with van der Waals surface area (Å²) in [7, 11) is 0. The summed E-state index contributed by atoms with van der Waals surface area (Å²) in [6.45, 7) is 4.02. The van der Waals surface area contributed by atoms with Crippen molar-refractivity contribution in [1.82, 2.24) is 9.88 Å². The Morgan fingerprint density at radius 3 is 2.83 bits per heavy atom. The minimum absolute atomic E-state index is 0.0268. The molecule has 4 rings (SSSR count). The van der Waals surface area contributed by atoms with Gasteiger partial charge in [-0.15, -0.1) is 6.58 Å². The zero-order valence-corrected chi connectivity index (χ0v) is 16.7. The van der Waals surface area contributed by atoms with Gasteiger partial charge in [0.25, 0.3) is 11.6 Å². The molecule has 144 valence electrons. The lowest BCUT2D eigenvalue weighted by Gasteiger charge is -2.11. The topological polar surface area (TPSA) is 88.7 Å². The van der Waals surface area contributed by atoms with Gasteiger partial charge in [0.15, 0.2) is 5.17 Å². The molecule has 0 bridgehead atoms. The number of amidine groups is 1. The van der Waals surface area contributed by atoms with E-state index in [4.69, 9.17) is 0 Å². The predicted molar refractivity (Wildman–Crippen MR) is 117 cm³/mol. The maximum Gasteiger partial charge on any atom is 0.270 e. The third-order valence-electron chi connectivity index (χ3n) is 4.05. The number of non-ortho nitro benzene ring substituents is 1. The number of thioether (sulfide) groups is 1. The molecule has 0 radical (unpaired) electrons. The van der Waals surface area contributed by atoms with Gasteiger partial charge in [-0.1, -0.05) is 41.7 Å². The summed E-state index contributed by atoms with van der Waals surface area (Å²) in [4.78, 5) is 34.4. The van der Waals surface area contributed by atoms with E-state index in [1.54, 1.807) is 24.3 Å². The van der Waals surface area contributed by atoms with Gasteiger partial charge in [-0.2, -0.15) is 4.99 Å². The van der Waals surface area contributed by atoms with Gasteiger partial charge in [0.05, 0.1) is 20.0 Å². The van der Waals surface area contributed by atoms with Gasteiger partial charge in [0.1, 0.15) is 0 Å². The van der Waals surface area contributed by atoms with Gasteiger partial charge in [0, 0.05) is 18.7 Å². The van der Waals surface area contributed by atoms with Crippen LogP contribution in [0.25, 0.3) is 16.3 Å². The second-order valence-corrected chi connectivity index (χ2v) is 8.04. The fourth-order valence-electron chi connectivity index (χ4n) is 2.75. The van der Waals surface area contributed by atoms with E-state index < -0.39 is 4.92 Å². The van der Waals surface area contributed by atoms with E-state index in [1.807, 2.05) is 24.3 Å². The van der Waals surface area contributed by atoms with Crippen molar-refractivity contribution < 1.29 is 9.72 Å². The third kappa shape index (κ3) is 3.96.